The highest BCUT2D eigenvalue weighted by Crippen LogP contribution is 2.32. The fourth-order valence-electron chi connectivity index (χ4n) is 3.71. The number of hydrogen-bond acceptors (Lipinski definition) is 8. The van der Waals surface area contributed by atoms with Gasteiger partial charge in [0.1, 0.15) is 22.4 Å². The molecule has 2 aromatic heterocycles. The number of morpholine rings is 1. The van der Waals surface area contributed by atoms with Gasteiger partial charge in [0.05, 0.1) is 26.0 Å². The van der Waals surface area contributed by atoms with Crippen LogP contribution in [0.15, 0.2) is 28.2 Å². The number of amides is 1. The van der Waals surface area contributed by atoms with Gasteiger partial charge in [0, 0.05) is 30.7 Å². The maximum atomic E-state index is 12.4. The van der Waals surface area contributed by atoms with Crippen molar-refractivity contribution in [2.45, 2.75) is 37.8 Å². The van der Waals surface area contributed by atoms with Crippen molar-refractivity contribution in [3.63, 3.8) is 0 Å². The number of rotatable bonds is 5. The second-order valence-electron chi connectivity index (χ2n) is 8.05. The molecule has 0 radical (unpaired) electrons. The lowest BCUT2D eigenvalue weighted by Crippen LogP contribution is -2.72. The molecule has 0 aliphatic carbocycles. The second kappa shape index (κ2) is 10.2. The molecule has 1 amide bonds. The number of likely N-dealkylation sites (tertiary alicyclic amines) is 1. The van der Waals surface area contributed by atoms with Crippen LogP contribution in [0.3, 0.4) is 0 Å². The van der Waals surface area contributed by atoms with Gasteiger partial charge in [-0.1, -0.05) is 0 Å². The van der Waals surface area contributed by atoms with Crippen molar-refractivity contribution in [2.24, 2.45) is 0 Å². The first-order valence-electron chi connectivity index (χ1n) is 10.1. The third kappa shape index (κ3) is 6.76. The Morgan fingerprint density at radius 1 is 1.36 bits per heavy atom. The van der Waals surface area contributed by atoms with Gasteiger partial charge in [-0.25, -0.2) is 9.78 Å². The van der Waals surface area contributed by atoms with Crippen LogP contribution in [-0.2, 0) is 27.4 Å². The first kappa shape index (κ1) is 25.1. The van der Waals surface area contributed by atoms with E-state index in [-0.39, 0.29) is 17.6 Å². The predicted molar refractivity (Wildman–Crippen MR) is 111 cm³/mol. The summed E-state index contributed by atoms with van der Waals surface area (Å²) in [4.78, 5) is 30.3. The third-order valence-electron chi connectivity index (χ3n) is 5.23. The number of nitrogens with one attached hydrogen (secondary N) is 1. The number of alkyl halides is 3. The molecule has 0 bridgehead atoms. The average molecular weight is 491 g/mol. The first-order valence-corrected chi connectivity index (χ1v) is 10.9. The van der Waals surface area contributed by atoms with Crippen LogP contribution in [0.4, 0.5) is 13.2 Å². The predicted octanol–water partition coefficient (Wildman–Crippen LogP) is 1.88. The highest BCUT2D eigenvalue weighted by molar-refractivity contribution is 7.09. The molecule has 4 heterocycles. The number of carboxylic acids is 1. The van der Waals surface area contributed by atoms with Gasteiger partial charge in [0.2, 0.25) is 5.91 Å². The molecule has 2 aromatic rings. The van der Waals surface area contributed by atoms with Gasteiger partial charge in [-0.2, -0.15) is 13.2 Å². The number of nitrogens with zero attached hydrogens (tertiary/aromatic N) is 3. The van der Waals surface area contributed by atoms with Crippen molar-refractivity contribution >= 4 is 23.2 Å². The molecule has 0 saturated carbocycles. The molecule has 33 heavy (non-hydrogen) atoms. The standard InChI is InChI=1S/C18H24N4O3S.C2HF3O2/c1-13-9-26-16(20-13)7-22-11-18(12-22)10-21(2)15(8-25-18)17(23)19-6-14-4-3-5-24-14;3-2(4,5)1(6)7/h3-5,9,15H,6-8,10-12H2,1-2H3,(H,19,23);(H,6,7). The number of halogens is 3. The van der Waals surface area contributed by atoms with Crippen LogP contribution in [-0.4, -0.2) is 82.9 Å². The molecule has 1 atom stereocenters. The van der Waals surface area contributed by atoms with Gasteiger partial charge < -0.3 is 19.6 Å². The number of carbonyl (C=O) groups excluding carboxylic acids is 1. The van der Waals surface area contributed by atoms with Crippen molar-refractivity contribution < 1.29 is 37.0 Å². The van der Waals surface area contributed by atoms with Crippen LogP contribution in [0.5, 0.6) is 0 Å². The first-order chi connectivity index (χ1) is 15.5. The normalized spacial score (nSPS) is 20.6. The molecule has 2 N–H and O–H groups in total. The maximum Gasteiger partial charge on any atom is 0.490 e. The minimum Gasteiger partial charge on any atom is -0.475 e. The number of aryl methyl sites for hydroxylation is 1. The van der Waals surface area contributed by atoms with E-state index >= 15 is 0 Å². The zero-order valence-electron chi connectivity index (χ0n) is 18.1. The Kier molecular flexibility index (Phi) is 7.77. The number of likely N-dealkylation sites (N-methyl/N-ethyl adjacent to an activating group) is 1. The van der Waals surface area contributed by atoms with Gasteiger partial charge in [0.15, 0.2) is 0 Å². The minimum absolute atomic E-state index is 0.0202. The van der Waals surface area contributed by atoms with E-state index in [1.807, 2.05) is 26.1 Å². The van der Waals surface area contributed by atoms with Gasteiger partial charge in [-0.05, 0) is 26.1 Å². The minimum atomic E-state index is -5.08. The largest absolute Gasteiger partial charge is 0.490 e. The lowest BCUT2D eigenvalue weighted by molar-refractivity contribution is -0.198. The Labute approximate surface area is 192 Å². The highest BCUT2D eigenvalue weighted by Gasteiger charge is 2.49. The molecule has 4 rings (SSSR count). The highest BCUT2D eigenvalue weighted by atomic mass is 32.1. The molecular weight excluding hydrogens is 465 g/mol. The number of aliphatic carboxylic acids is 1. The van der Waals surface area contributed by atoms with Crippen molar-refractivity contribution in [2.75, 3.05) is 33.3 Å². The summed E-state index contributed by atoms with van der Waals surface area (Å²) >= 11 is 1.71. The van der Waals surface area contributed by atoms with Crippen LogP contribution >= 0.6 is 11.3 Å². The van der Waals surface area contributed by atoms with E-state index in [2.05, 4.69) is 25.5 Å². The number of aromatic nitrogens is 1. The lowest BCUT2D eigenvalue weighted by atomic mass is 9.90. The Bertz CT molecular complexity index is 944. The van der Waals surface area contributed by atoms with E-state index in [1.54, 1.807) is 17.6 Å². The molecule has 2 aliphatic rings. The van der Waals surface area contributed by atoms with E-state index in [0.29, 0.717) is 13.2 Å². The Morgan fingerprint density at radius 2 is 2.06 bits per heavy atom. The van der Waals surface area contributed by atoms with E-state index in [9.17, 15) is 18.0 Å². The van der Waals surface area contributed by atoms with Gasteiger partial charge in [-0.3, -0.25) is 14.6 Å². The Balaban J connectivity index is 0.000000383. The molecular formula is C20H25F3N4O5S. The van der Waals surface area contributed by atoms with E-state index in [1.165, 1.54) is 0 Å². The topological polar surface area (TPSA) is 108 Å². The summed E-state index contributed by atoms with van der Waals surface area (Å²) in [5, 5.41) is 13.3. The smallest absolute Gasteiger partial charge is 0.475 e. The van der Waals surface area contributed by atoms with Gasteiger partial charge in [0.25, 0.3) is 0 Å². The monoisotopic (exact) mass is 490 g/mol. The number of furan rings is 1. The molecule has 9 nitrogen and oxygen atoms in total. The third-order valence-corrected chi connectivity index (χ3v) is 6.18. The lowest BCUT2D eigenvalue weighted by Gasteiger charge is -2.54. The fourth-order valence-corrected chi connectivity index (χ4v) is 4.53. The molecule has 13 heteroatoms. The number of thiazole rings is 1. The molecule has 182 valence electrons. The molecule has 2 fully saturated rings. The number of carbonyl (C=O) groups is 2. The summed E-state index contributed by atoms with van der Waals surface area (Å²) in [5.74, 6) is -2.03. The number of carboxylic acid groups (broad SMARTS) is 1. The van der Waals surface area contributed by atoms with Crippen molar-refractivity contribution in [3.8, 4) is 0 Å². The molecule has 0 aromatic carbocycles. The van der Waals surface area contributed by atoms with Crippen molar-refractivity contribution in [1.82, 2.24) is 20.1 Å². The summed E-state index contributed by atoms with van der Waals surface area (Å²) < 4.78 is 43.1. The van der Waals surface area contributed by atoms with Crippen LogP contribution < -0.4 is 5.32 Å². The Morgan fingerprint density at radius 3 is 2.58 bits per heavy atom. The van der Waals surface area contributed by atoms with Crippen LogP contribution in [0.25, 0.3) is 0 Å². The average Bonchev–Trinajstić information content (AvgIpc) is 3.36. The fraction of sp³-hybridized carbons (Fsp3) is 0.550. The van der Waals surface area contributed by atoms with Gasteiger partial charge >= 0.3 is 12.1 Å². The van der Waals surface area contributed by atoms with Crippen molar-refractivity contribution in [3.05, 3.63) is 40.2 Å². The molecule has 1 unspecified atom stereocenters. The Hall–Kier alpha value is -2.48. The summed E-state index contributed by atoms with van der Waals surface area (Å²) in [5.41, 5.74) is 0.927. The van der Waals surface area contributed by atoms with Crippen LogP contribution in [0.1, 0.15) is 16.5 Å². The zero-order chi connectivity index (χ0) is 24.2. The van der Waals surface area contributed by atoms with Gasteiger partial charge in [-0.15, -0.1) is 11.3 Å². The van der Waals surface area contributed by atoms with E-state index in [4.69, 9.17) is 19.1 Å². The zero-order valence-corrected chi connectivity index (χ0v) is 18.9. The summed E-state index contributed by atoms with van der Waals surface area (Å²) in [6.07, 6.45) is -3.48. The molecule has 2 saturated heterocycles. The maximum absolute atomic E-state index is 12.4. The SMILES string of the molecule is Cc1csc(CN2CC3(C2)CN(C)C(C(=O)NCc2ccco2)CO3)n1.O=C(O)C(F)(F)F. The quantitative estimate of drug-likeness (QED) is 0.654. The molecule has 2 aliphatic heterocycles. The van der Waals surface area contributed by atoms with E-state index < -0.39 is 12.1 Å². The summed E-state index contributed by atoms with van der Waals surface area (Å²) in [6.45, 7) is 6.26. The second-order valence-corrected chi connectivity index (χ2v) is 9.00. The van der Waals surface area contributed by atoms with Crippen LogP contribution in [0, 0.1) is 6.92 Å². The van der Waals surface area contributed by atoms with Crippen LogP contribution in [0.2, 0.25) is 0 Å². The number of hydrogen-bond donors (Lipinski definition) is 2. The van der Waals surface area contributed by atoms with E-state index in [0.717, 1.165) is 42.6 Å². The number of ether oxygens (including phenoxy) is 1. The summed E-state index contributed by atoms with van der Waals surface area (Å²) in [6, 6.07) is 3.41. The van der Waals surface area contributed by atoms with Crippen molar-refractivity contribution in [1.29, 1.82) is 0 Å². The molecule has 1 spiro atoms. The summed E-state index contributed by atoms with van der Waals surface area (Å²) in [7, 11) is 1.99.